The maximum Gasteiger partial charge on any atom is 0.377 e. The summed E-state index contributed by atoms with van der Waals surface area (Å²) in [5.41, 5.74) is 1.60. The molecule has 0 atom stereocenters. The van der Waals surface area contributed by atoms with Gasteiger partial charge in [-0.2, -0.15) is 0 Å². The second kappa shape index (κ2) is 4.69. The number of hydrogen-bond donors (Lipinski definition) is 0. The van der Waals surface area contributed by atoms with E-state index in [1.54, 1.807) is 12.4 Å². The normalized spacial score (nSPS) is 10.2. The van der Waals surface area contributed by atoms with Gasteiger partial charge in [-0.05, 0) is 6.92 Å². The molecule has 0 saturated carbocycles. The van der Waals surface area contributed by atoms with Crippen molar-refractivity contribution in [2.24, 2.45) is 0 Å². The molecular weight excluding hydrogens is 222 g/mol. The second-order valence-electron chi connectivity index (χ2n) is 3.41. The molecule has 7 heteroatoms. The highest BCUT2D eigenvalue weighted by Gasteiger charge is 2.11. The van der Waals surface area contributed by atoms with Crippen LogP contribution >= 0.6 is 0 Å². The Bertz CT molecular complexity index is 520. The van der Waals surface area contributed by atoms with Gasteiger partial charge in [-0.3, -0.25) is 9.97 Å². The number of aryl methyl sites for hydroxylation is 1. The molecule has 0 aromatic carbocycles. The van der Waals surface area contributed by atoms with Gasteiger partial charge in [0.1, 0.15) is 6.33 Å². The van der Waals surface area contributed by atoms with E-state index in [0.29, 0.717) is 6.54 Å². The van der Waals surface area contributed by atoms with E-state index in [1.165, 1.54) is 18.1 Å². The molecule has 0 bridgehead atoms. The fraction of sp³-hybridized carbons (Fsp3) is 0.300. The van der Waals surface area contributed by atoms with Crippen LogP contribution < -0.4 is 0 Å². The predicted molar refractivity (Wildman–Crippen MR) is 57.2 cm³/mol. The molecule has 0 aliphatic heterocycles. The van der Waals surface area contributed by atoms with E-state index >= 15 is 0 Å². The van der Waals surface area contributed by atoms with Crippen molar-refractivity contribution in [2.75, 3.05) is 7.11 Å². The standard InChI is InChI=1S/C10H11N5O2/c1-7-3-12-8(4-11-7)5-15-6-13-9(14-15)10(16)17-2/h3-4,6H,5H2,1-2H3. The van der Waals surface area contributed by atoms with Crippen LogP contribution in [0.4, 0.5) is 0 Å². The van der Waals surface area contributed by atoms with Crippen molar-refractivity contribution in [3.05, 3.63) is 35.9 Å². The van der Waals surface area contributed by atoms with Gasteiger partial charge in [0, 0.05) is 6.20 Å². The fourth-order valence-electron chi connectivity index (χ4n) is 1.22. The summed E-state index contributed by atoms with van der Waals surface area (Å²) in [7, 11) is 1.29. The zero-order chi connectivity index (χ0) is 12.3. The number of carbonyl (C=O) groups is 1. The number of hydrogen-bond acceptors (Lipinski definition) is 6. The minimum absolute atomic E-state index is 0.0348. The highest BCUT2D eigenvalue weighted by Crippen LogP contribution is 1.98. The molecule has 0 amide bonds. The number of carbonyl (C=O) groups excluding carboxylic acids is 1. The van der Waals surface area contributed by atoms with Crippen molar-refractivity contribution >= 4 is 5.97 Å². The van der Waals surface area contributed by atoms with E-state index in [2.05, 4.69) is 24.8 Å². The highest BCUT2D eigenvalue weighted by molar-refractivity contribution is 5.84. The van der Waals surface area contributed by atoms with Crippen molar-refractivity contribution < 1.29 is 9.53 Å². The van der Waals surface area contributed by atoms with Gasteiger partial charge < -0.3 is 4.74 Å². The molecule has 0 aliphatic carbocycles. The molecule has 0 spiro atoms. The summed E-state index contributed by atoms with van der Waals surface area (Å²) in [5.74, 6) is -0.522. The van der Waals surface area contributed by atoms with Gasteiger partial charge in [0.05, 0.1) is 31.2 Å². The molecule has 2 rings (SSSR count). The average molecular weight is 233 g/mol. The van der Waals surface area contributed by atoms with Crippen LogP contribution in [0.1, 0.15) is 22.0 Å². The Morgan fingerprint density at radius 1 is 1.35 bits per heavy atom. The SMILES string of the molecule is COC(=O)c1ncn(Cc2cnc(C)cn2)n1. The van der Waals surface area contributed by atoms with E-state index in [0.717, 1.165) is 11.4 Å². The number of ether oxygens (including phenoxy) is 1. The highest BCUT2D eigenvalue weighted by atomic mass is 16.5. The monoisotopic (exact) mass is 233 g/mol. The first-order chi connectivity index (χ1) is 8.19. The quantitative estimate of drug-likeness (QED) is 0.705. The molecular formula is C10H11N5O2. The first-order valence-corrected chi connectivity index (χ1v) is 4.94. The molecule has 88 valence electrons. The van der Waals surface area contributed by atoms with Crippen molar-refractivity contribution in [1.82, 2.24) is 24.7 Å². The number of nitrogens with zero attached hydrogens (tertiary/aromatic N) is 5. The molecule has 0 saturated heterocycles. The maximum absolute atomic E-state index is 11.1. The molecule has 0 unspecified atom stereocenters. The van der Waals surface area contributed by atoms with Crippen LogP contribution in [0, 0.1) is 6.92 Å². The van der Waals surface area contributed by atoms with E-state index in [9.17, 15) is 4.79 Å². The second-order valence-corrected chi connectivity index (χ2v) is 3.41. The minimum Gasteiger partial charge on any atom is -0.463 e. The zero-order valence-corrected chi connectivity index (χ0v) is 9.49. The van der Waals surface area contributed by atoms with Crippen molar-refractivity contribution in [3.8, 4) is 0 Å². The van der Waals surface area contributed by atoms with Crippen molar-refractivity contribution in [1.29, 1.82) is 0 Å². The lowest BCUT2D eigenvalue weighted by molar-refractivity contribution is 0.0586. The Balaban J connectivity index is 2.11. The molecule has 0 aliphatic rings. The molecule has 0 N–H and O–H groups in total. The van der Waals surface area contributed by atoms with Gasteiger partial charge >= 0.3 is 5.97 Å². The van der Waals surface area contributed by atoms with Crippen LogP contribution in [-0.2, 0) is 11.3 Å². The van der Waals surface area contributed by atoms with Crippen LogP contribution in [0.3, 0.4) is 0 Å². The van der Waals surface area contributed by atoms with Crippen molar-refractivity contribution in [2.45, 2.75) is 13.5 Å². The van der Waals surface area contributed by atoms with Crippen LogP contribution in [0.2, 0.25) is 0 Å². The first kappa shape index (κ1) is 11.2. The third kappa shape index (κ3) is 2.63. The van der Waals surface area contributed by atoms with E-state index in [-0.39, 0.29) is 5.82 Å². The first-order valence-electron chi connectivity index (χ1n) is 4.94. The topological polar surface area (TPSA) is 82.8 Å². The summed E-state index contributed by atoms with van der Waals surface area (Å²) < 4.78 is 6.02. The minimum atomic E-state index is -0.557. The summed E-state index contributed by atoms with van der Waals surface area (Å²) in [6.07, 6.45) is 4.79. The van der Waals surface area contributed by atoms with Gasteiger partial charge in [-0.25, -0.2) is 14.5 Å². The smallest absolute Gasteiger partial charge is 0.377 e. The predicted octanol–water partition coefficient (Wildman–Crippen LogP) is 0.211. The summed E-state index contributed by atoms with van der Waals surface area (Å²) >= 11 is 0. The fourth-order valence-corrected chi connectivity index (χ4v) is 1.22. The van der Waals surface area contributed by atoms with Crippen LogP contribution in [0.15, 0.2) is 18.7 Å². The van der Waals surface area contributed by atoms with E-state index in [4.69, 9.17) is 0 Å². The van der Waals surface area contributed by atoms with Gasteiger partial charge in [-0.1, -0.05) is 0 Å². The molecule has 17 heavy (non-hydrogen) atoms. The largest absolute Gasteiger partial charge is 0.463 e. The molecule has 0 radical (unpaired) electrons. The van der Waals surface area contributed by atoms with Crippen LogP contribution in [0.5, 0.6) is 0 Å². The Morgan fingerprint density at radius 3 is 2.82 bits per heavy atom. The number of rotatable bonds is 3. The van der Waals surface area contributed by atoms with Gasteiger partial charge in [0.15, 0.2) is 0 Å². The van der Waals surface area contributed by atoms with E-state index in [1.807, 2.05) is 6.92 Å². The lowest BCUT2D eigenvalue weighted by atomic mass is 10.4. The van der Waals surface area contributed by atoms with Gasteiger partial charge in [0.2, 0.25) is 0 Å². The Hall–Kier alpha value is -2.31. The Kier molecular flexibility index (Phi) is 3.08. The molecule has 2 aromatic rings. The summed E-state index contributed by atoms with van der Waals surface area (Å²) in [6, 6.07) is 0. The Morgan fingerprint density at radius 2 is 2.18 bits per heavy atom. The molecule has 7 nitrogen and oxygen atoms in total. The Labute approximate surface area is 97.5 Å². The number of esters is 1. The van der Waals surface area contributed by atoms with Crippen molar-refractivity contribution in [3.63, 3.8) is 0 Å². The summed E-state index contributed by atoms with van der Waals surface area (Å²) in [5, 5.41) is 3.96. The van der Waals surface area contributed by atoms with E-state index < -0.39 is 5.97 Å². The molecule has 2 heterocycles. The summed E-state index contributed by atoms with van der Waals surface area (Å²) in [6.45, 7) is 2.28. The number of methoxy groups -OCH3 is 1. The third-order valence-electron chi connectivity index (χ3n) is 2.06. The lowest BCUT2D eigenvalue weighted by Crippen LogP contribution is -2.07. The average Bonchev–Trinajstić information content (AvgIpc) is 2.80. The van der Waals surface area contributed by atoms with Gasteiger partial charge in [0.25, 0.3) is 5.82 Å². The maximum atomic E-state index is 11.1. The number of aromatic nitrogens is 5. The van der Waals surface area contributed by atoms with Crippen LogP contribution in [-0.4, -0.2) is 37.8 Å². The summed E-state index contributed by atoms with van der Waals surface area (Å²) in [4.78, 5) is 23.3. The van der Waals surface area contributed by atoms with Gasteiger partial charge in [-0.15, -0.1) is 5.10 Å². The third-order valence-corrected chi connectivity index (χ3v) is 2.06. The lowest BCUT2D eigenvalue weighted by Gasteiger charge is -1.99. The molecule has 2 aromatic heterocycles. The zero-order valence-electron chi connectivity index (χ0n) is 9.49. The molecule has 0 fully saturated rings. The van der Waals surface area contributed by atoms with Crippen LogP contribution in [0.25, 0.3) is 0 Å².